The van der Waals surface area contributed by atoms with E-state index in [1.165, 1.54) is 40.8 Å². The molecular formula is C38H43N3O11S2. The maximum absolute atomic E-state index is 14.1. The van der Waals surface area contributed by atoms with Crippen molar-refractivity contribution in [3.8, 4) is 17.2 Å². The van der Waals surface area contributed by atoms with Gasteiger partial charge in [0.25, 0.3) is 5.91 Å². The Kier molecular flexibility index (Phi) is 11.3. The van der Waals surface area contributed by atoms with Gasteiger partial charge in [-0.1, -0.05) is 35.9 Å². The van der Waals surface area contributed by atoms with Gasteiger partial charge in [-0.25, -0.2) is 4.98 Å². The minimum absolute atomic E-state index is 0.0193. The quantitative estimate of drug-likeness (QED) is 0.116. The lowest BCUT2D eigenvalue weighted by atomic mass is 9.72. The first-order chi connectivity index (χ1) is 25.9. The number of phenolic OH excluding ortho intramolecular Hbond substituents is 2. The predicted molar refractivity (Wildman–Crippen MR) is 198 cm³/mol. The maximum atomic E-state index is 14.1. The topological polar surface area (TPSA) is 197 Å². The Hall–Kier alpha value is -3.74. The second kappa shape index (κ2) is 15.8. The number of benzene rings is 2. The smallest absolute Gasteiger partial charge is 0.252 e. The fourth-order valence-corrected chi connectivity index (χ4v) is 9.75. The van der Waals surface area contributed by atoms with Gasteiger partial charge in [-0.15, -0.1) is 0 Å². The van der Waals surface area contributed by atoms with E-state index in [9.17, 15) is 34.8 Å². The number of hydrogen-bond acceptors (Lipinski definition) is 15. The fourth-order valence-electron chi connectivity index (χ4n) is 7.81. The van der Waals surface area contributed by atoms with Crippen LogP contribution in [0.4, 0.5) is 0 Å². The Morgan fingerprint density at radius 3 is 2.65 bits per heavy atom. The van der Waals surface area contributed by atoms with Crippen LogP contribution in [0.15, 0.2) is 47.6 Å². The number of morpholine rings is 1. The summed E-state index contributed by atoms with van der Waals surface area (Å²) >= 11 is 0. The minimum atomic E-state index is -2.17. The summed E-state index contributed by atoms with van der Waals surface area (Å²) in [6.07, 6.45) is -1.63. The van der Waals surface area contributed by atoms with E-state index in [4.69, 9.17) is 18.9 Å². The lowest BCUT2D eigenvalue weighted by Gasteiger charge is -2.45. The van der Waals surface area contributed by atoms with Gasteiger partial charge in [-0.05, 0) is 42.3 Å². The molecule has 2 aliphatic carbocycles. The van der Waals surface area contributed by atoms with Crippen molar-refractivity contribution in [3.63, 3.8) is 0 Å². The summed E-state index contributed by atoms with van der Waals surface area (Å²) in [6.45, 7) is 5.08. The molecule has 14 nitrogen and oxygen atoms in total. The number of aromatic nitrogens is 1. The van der Waals surface area contributed by atoms with Gasteiger partial charge in [0.05, 0.1) is 49.2 Å². The fraction of sp³-hybridized carbons (Fsp3) is 0.474. The normalized spacial score (nSPS) is 27.4. The molecule has 0 radical (unpaired) electrons. The third kappa shape index (κ3) is 7.33. The maximum Gasteiger partial charge on any atom is 0.252 e. The zero-order valence-electron chi connectivity index (χ0n) is 30.0. The number of rotatable bonds is 10. The number of aliphatic hydroxyl groups excluding tert-OH is 1. The predicted octanol–water partition coefficient (Wildman–Crippen LogP) is 3.50. The Labute approximate surface area is 319 Å². The molecule has 5 N–H and O–H groups in total. The SMILES string of the molecule is COc1cccc2c1C(=O)c1c(O)c3c(c(O)c1C2=O)C[C@@](O)(C(=O)NCC(C)SSc1ccccn1)CC3O[C@H]1C[C@H](N2CCOC[C@H]2O)C[C@H](C)O1. The molecule has 1 aromatic heterocycles. The summed E-state index contributed by atoms with van der Waals surface area (Å²) in [5, 5.41) is 50.2. The van der Waals surface area contributed by atoms with Gasteiger partial charge < -0.3 is 44.7 Å². The molecule has 0 spiro atoms. The Balaban J connectivity index is 1.22. The number of hydrogen-bond donors (Lipinski definition) is 5. The molecule has 7 rings (SSSR count). The molecule has 2 unspecified atom stereocenters. The molecule has 2 aromatic carbocycles. The van der Waals surface area contributed by atoms with Crippen LogP contribution in [0.1, 0.15) is 82.2 Å². The van der Waals surface area contributed by atoms with Gasteiger partial charge in [0.1, 0.15) is 34.1 Å². The number of ketones is 2. The van der Waals surface area contributed by atoms with Crippen LogP contribution in [0, 0.1) is 0 Å². The number of aromatic hydroxyl groups is 2. The number of pyridine rings is 1. The second-order valence-electron chi connectivity index (χ2n) is 14.1. The molecule has 0 bridgehead atoms. The van der Waals surface area contributed by atoms with Gasteiger partial charge in [0.2, 0.25) is 5.78 Å². The number of carbonyl (C=O) groups excluding carboxylic acids is 3. The first kappa shape index (κ1) is 38.5. The van der Waals surface area contributed by atoms with Crippen molar-refractivity contribution in [1.82, 2.24) is 15.2 Å². The van der Waals surface area contributed by atoms with Gasteiger partial charge in [0.15, 0.2) is 12.1 Å². The van der Waals surface area contributed by atoms with Crippen molar-refractivity contribution in [2.75, 3.05) is 33.4 Å². The molecule has 7 atom stereocenters. The van der Waals surface area contributed by atoms with Crippen molar-refractivity contribution >= 4 is 39.1 Å². The van der Waals surface area contributed by atoms with Crippen molar-refractivity contribution in [2.24, 2.45) is 0 Å². The molecule has 3 aromatic rings. The highest BCUT2D eigenvalue weighted by Crippen LogP contribution is 2.52. The highest BCUT2D eigenvalue weighted by molar-refractivity contribution is 8.76. The van der Waals surface area contributed by atoms with Crippen LogP contribution in [0.3, 0.4) is 0 Å². The van der Waals surface area contributed by atoms with Crippen LogP contribution in [0.5, 0.6) is 17.2 Å². The van der Waals surface area contributed by atoms with Gasteiger partial charge >= 0.3 is 0 Å². The second-order valence-corrected chi connectivity index (χ2v) is 16.7. The first-order valence-electron chi connectivity index (χ1n) is 17.8. The summed E-state index contributed by atoms with van der Waals surface area (Å²) in [5.74, 6) is -3.30. The number of carbonyl (C=O) groups is 3. The standard InChI is InChI=1S/C38H43N3O11S2/c1-19-13-21(41-11-12-50-18-27(41)42)14-28(51-19)52-25-16-38(48,37(47)40-17-20(2)53-54-26-9-4-5-10-39-26)15-23-30(25)36(46)32-31(34(23)44)33(43)22-7-6-8-24(49-3)29(22)35(32)45/h4-10,19-21,25,27-28,42,44,46,48H,11-18H2,1-3H3,(H,40,47)/t19-,20?,21+,25?,27+,28-,38-/m0/s1. The highest BCUT2D eigenvalue weighted by Gasteiger charge is 2.50. The number of ether oxygens (including phenoxy) is 4. The van der Waals surface area contributed by atoms with Crippen LogP contribution in [0.25, 0.3) is 0 Å². The Morgan fingerprint density at radius 1 is 1.11 bits per heavy atom. The van der Waals surface area contributed by atoms with Crippen LogP contribution in [-0.4, -0.2) is 117 Å². The molecule has 0 saturated carbocycles. The highest BCUT2D eigenvalue weighted by atomic mass is 33.1. The van der Waals surface area contributed by atoms with E-state index in [0.29, 0.717) is 26.0 Å². The van der Waals surface area contributed by atoms with Crippen LogP contribution < -0.4 is 10.1 Å². The summed E-state index contributed by atoms with van der Waals surface area (Å²) in [6, 6.07) is 9.91. The molecule has 54 heavy (non-hydrogen) atoms. The Morgan fingerprint density at radius 2 is 1.91 bits per heavy atom. The number of nitrogens with one attached hydrogen (secondary N) is 1. The number of phenols is 2. The first-order valence-corrected chi connectivity index (χ1v) is 20.1. The summed E-state index contributed by atoms with van der Waals surface area (Å²) < 4.78 is 23.5. The van der Waals surface area contributed by atoms with Crippen molar-refractivity contribution in [1.29, 1.82) is 0 Å². The summed E-state index contributed by atoms with van der Waals surface area (Å²) in [7, 11) is 4.31. The number of nitrogens with zero attached hydrogens (tertiary/aromatic N) is 2. The molecular weight excluding hydrogens is 739 g/mol. The Bertz CT molecular complexity index is 1930. The van der Waals surface area contributed by atoms with E-state index in [0.717, 1.165) is 5.03 Å². The third-order valence-electron chi connectivity index (χ3n) is 10.4. The van der Waals surface area contributed by atoms with E-state index >= 15 is 0 Å². The van der Waals surface area contributed by atoms with Crippen LogP contribution in [0.2, 0.25) is 0 Å². The largest absolute Gasteiger partial charge is 0.507 e. The summed E-state index contributed by atoms with van der Waals surface area (Å²) in [5.41, 5.74) is -3.21. The van der Waals surface area contributed by atoms with Crippen molar-refractivity contribution in [2.45, 2.75) is 86.2 Å². The van der Waals surface area contributed by atoms with E-state index in [-0.39, 0.29) is 65.0 Å². The van der Waals surface area contributed by atoms with Crippen LogP contribution in [-0.2, 0) is 25.4 Å². The van der Waals surface area contributed by atoms with Gasteiger partial charge in [-0.3, -0.25) is 19.3 Å². The number of amides is 1. The zero-order valence-corrected chi connectivity index (χ0v) is 31.7. The number of fused-ring (bicyclic) bond motifs is 3. The van der Waals surface area contributed by atoms with Gasteiger partial charge in [0, 0.05) is 66.5 Å². The molecule has 2 saturated heterocycles. The zero-order chi connectivity index (χ0) is 38.3. The van der Waals surface area contributed by atoms with Crippen LogP contribution >= 0.6 is 21.6 Å². The third-order valence-corrected chi connectivity index (χ3v) is 13.2. The van der Waals surface area contributed by atoms with E-state index in [1.54, 1.807) is 12.3 Å². The minimum Gasteiger partial charge on any atom is -0.507 e. The molecule has 2 aliphatic heterocycles. The molecule has 3 heterocycles. The van der Waals surface area contributed by atoms with Crippen molar-refractivity contribution in [3.05, 3.63) is 76.0 Å². The molecule has 1 amide bonds. The molecule has 4 aliphatic rings. The molecule has 16 heteroatoms. The summed E-state index contributed by atoms with van der Waals surface area (Å²) in [4.78, 5) is 48.2. The van der Waals surface area contributed by atoms with E-state index < -0.39 is 70.7 Å². The van der Waals surface area contributed by atoms with E-state index in [1.807, 2.05) is 36.9 Å². The molecule has 288 valence electrons. The lowest BCUT2D eigenvalue weighted by Crippen LogP contribution is -2.55. The van der Waals surface area contributed by atoms with Gasteiger partial charge in [-0.2, -0.15) is 0 Å². The number of methoxy groups -OCH3 is 1. The average molecular weight is 782 g/mol. The molecule has 2 fully saturated rings. The average Bonchev–Trinajstić information content (AvgIpc) is 3.16. The van der Waals surface area contributed by atoms with Crippen molar-refractivity contribution < 1.29 is 53.8 Å². The monoisotopic (exact) mass is 781 g/mol. The number of aliphatic hydroxyl groups is 2. The lowest BCUT2D eigenvalue weighted by molar-refractivity contribution is -0.243. The van der Waals surface area contributed by atoms with E-state index in [2.05, 4.69) is 10.3 Å².